The van der Waals surface area contributed by atoms with Crippen LogP contribution in [0.2, 0.25) is 0 Å². The van der Waals surface area contributed by atoms with E-state index in [1.807, 2.05) is 0 Å². The van der Waals surface area contributed by atoms with Crippen LogP contribution in [0.3, 0.4) is 0 Å². The van der Waals surface area contributed by atoms with Crippen molar-refractivity contribution >= 4 is 21.5 Å². The van der Waals surface area contributed by atoms with Crippen molar-refractivity contribution in [1.29, 1.82) is 0 Å². The molecular formula is C65H50. The molecule has 0 saturated carbocycles. The van der Waals surface area contributed by atoms with Crippen molar-refractivity contribution in [2.24, 2.45) is 0 Å². The van der Waals surface area contributed by atoms with Gasteiger partial charge >= 0.3 is 0 Å². The fourth-order valence-electron chi connectivity index (χ4n) is 12.6. The van der Waals surface area contributed by atoms with Gasteiger partial charge in [-0.25, -0.2) is 0 Å². The summed E-state index contributed by atoms with van der Waals surface area (Å²) in [6.07, 6.45) is 0. The standard InChI is InChI=1S/C65H50/c1-63(2)56-28-16-13-24-51(56)62-52(25-17-29-57(62)63)61-49-23-10-9-22-48(49)60(47-21-8-7-18-42(47)41-32-34-46-44-20-12-15-27-55(44)65(5,6)59(46)38-41)50-35-31-39(36-53(50)61)40-30-33-45-43-19-11-14-26-54(43)64(3,4)58(45)37-40/h7-38H,1-6H3. The van der Waals surface area contributed by atoms with Gasteiger partial charge in [-0.05, 0) is 151 Å². The predicted octanol–water partition coefficient (Wildman–Crippen LogP) is 17.6. The van der Waals surface area contributed by atoms with E-state index in [9.17, 15) is 0 Å². The number of rotatable bonds is 4. The van der Waals surface area contributed by atoms with Crippen molar-refractivity contribution in [3.63, 3.8) is 0 Å². The molecule has 0 heteroatoms. The molecular weight excluding hydrogens is 781 g/mol. The predicted molar refractivity (Wildman–Crippen MR) is 276 cm³/mol. The average Bonchev–Trinajstić information content (AvgIpc) is 3.82. The molecule has 0 aromatic heterocycles. The first-order valence-corrected chi connectivity index (χ1v) is 23.3. The third-order valence-electron chi connectivity index (χ3n) is 15.9. The summed E-state index contributed by atoms with van der Waals surface area (Å²) in [4.78, 5) is 0. The number of benzene rings is 10. The number of hydrogen-bond acceptors (Lipinski definition) is 0. The third kappa shape index (κ3) is 5.20. The highest BCUT2D eigenvalue weighted by atomic mass is 14.4. The van der Waals surface area contributed by atoms with Gasteiger partial charge in [0, 0.05) is 16.2 Å². The van der Waals surface area contributed by atoms with Gasteiger partial charge in [-0.3, -0.25) is 0 Å². The molecule has 0 aliphatic heterocycles. The number of hydrogen-bond donors (Lipinski definition) is 0. The van der Waals surface area contributed by atoms with Crippen LogP contribution in [0.1, 0.15) is 74.9 Å². The summed E-state index contributed by atoms with van der Waals surface area (Å²) in [5.41, 5.74) is 26.3. The number of fused-ring (bicyclic) bond motifs is 11. The topological polar surface area (TPSA) is 0 Å². The van der Waals surface area contributed by atoms with Crippen molar-refractivity contribution in [3.05, 3.63) is 228 Å². The minimum Gasteiger partial charge on any atom is -0.0619 e. The Bertz CT molecular complexity index is 3680. The fourth-order valence-corrected chi connectivity index (χ4v) is 12.6. The van der Waals surface area contributed by atoms with Crippen molar-refractivity contribution in [2.45, 2.75) is 57.8 Å². The molecule has 310 valence electrons. The van der Waals surface area contributed by atoms with Gasteiger partial charge in [0.15, 0.2) is 0 Å². The molecule has 13 rings (SSSR count). The molecule has 0 fully saturated rings. The molecule has 65 heavy (non-hydrogen) atoms. The van der Waals surface area contributed by atoms with Crippen molar-refractivity contribution in [1.82, 2.24) is 0 Å². The van der Waals surface area contributed by atoms with Crippen molar-refractivity contribution < 1.29 is 0 Å². The van der Waals surface area contributed by atoms with E-state index in [2.05, 4.69) is 236 Å². The zero-order chi connectivity index (χ0) is 44.0. The Morgan fingerprint density at radius 1 is 0.215 bits per heavy atom. The molecule has 3 aliphatic carbocycles. The van der Waals surface area contributed by atoms with Crippen LogP contribution in [0.5, 0.6) is 0 Å². The molecule has 0 bridgehead atoms. The maximum atomic E-state index is 2.51. The summed E-state index contributed by atoms with van der Waals surface area (Å²) in [5.74, 6) is 0. The maximum absolute atomic E-state index is 2.51. The first-order valence-electron chi connectivity index (χ1n) is 23.3. The molecule has 0 nitrogen and oxygen atoms in total. The van der Waals surface area contributed by atoms with Crippen LogP contribution in [0, 0.1) is 0 Å². The first kappa shape index (κ1) is 38.2. The Kier molecular flexibility index (Phi) is 7.86. The molecule has 0 atom stereocenters. The highest BCUT2D eigenvalue weighted by Crippen LogP contribution is 2.56. The van der Waals surface area contributed by atoms with Gasteiger partial charge in [0.25, 0.3) is 0 Å². The first-order chi connectivity index (χ1) is 31.5. The Morgan fingerprint density at radius 2 is 0.600 bits per heavy atom. The van der Waals surface area contributed by atoms with Gasteiger partial charge in [-0.1, -0.05) is 217 Å². The van der Waals surface area contributed by atoms with Crippen LogP contribution in [0.4, 0.5) is 0 Å². The molecule has 0 N–H and O–H groups in total. The van der Waals surface area contributed by atoms with E-state index in [0.717, 1.165) is 0 Å². The van der Waals surface area contributed by atoms with Gasteiger partial charge < -0.3 is 0 Å². The maximum Gasteiger partial charge on any atom is 0.0159 e. The van der Waals surface area contributed by atoms with E-state index in [4.69, 9.17) is 0 Å². The van der Waals surface area contributed by atoms with Crippen molar-refractivity contribution in [2.75, 3.05) is 0 Å². The SMILES string of the molecule is CC1(C)c2ccccc2-c2ccc(-c3ccc4c(-c5ccccc5-c5ccc6c(c5)C(C)(C)c5ccccc5-6)c5ccccc5c(-c5cccc6c5-c5ccccc5C6(C)C)c4c3)cc21. The van der Waals surface area contributed by atoms with Gasteiger partial charge in [-0.15, -0.1) is 0 Å². The lowest BCUT2D eigenvalue weighted by Gasteiger charge is -2.24. The van der Waals surface area contributed by atoms with E-state index in [1.54, 1.807) is 0 Å². The van der Waals surface area contributed by atoms with Crippen LogP contribution in [-0.2, 0) is 16.2 Å². The summed E-state index contributed by atoms with van der Waals surface area (Å²) in [5, 5.41) is 5.08. The van der Waals surface area contributed by atoms with Gasteiger partial charge in [0.05, 0.1) is 0 Å². The molecule has 10 aromatic rings. The molecule has 0 spiro atoms. The molecule has 0 amide bonds. The van der Waals surface area contributed by atoms with Crippen LogP contribution in [0.25, 0.3) is 99.4 Å². The van der Waals surface area contributed by atoms with E-state index in [1.165, 1.54) is 133 Å². The van der Waals surface area contributed by atoms with Crippen LogP contribution >= 0.6 is 0 Å². The van der Waals surface area contributed by atoms with E-state index in [0.29, 0.717) is 0 Å². The second kappa shape index (κ2) is 13.4. The lowest BCUT2D eigenvalue weighted by atomic mass is 9.79. The van der Waals surface area contributed by atoms with Crippen LogP contribution < -0.4 is 0 Å². The normalized spacial score (nSPS) is 15.3. The summed E-state index contributed by atoms with van der Waals surface area (Å²) < 4.78 is 0. The second-order valence-corrected chi connectivity index (χ2v) is 20.4. The summed E-state index contributed by atoms with van der Waals surface area (Å²) >= 11 is 0. The summed E-state index contributed by atoms with van der Waals surface area (Å²) in [7, 11) is 0. The Morgan fingerprint density at radius 3 is 1.23 bits per heavy atom. The zero-order valence-corrected chi connectivity index (χ0v) is 38.0. The zero-order valence-electron chi connectivity index (χ0n) is 38.0. The third-order valence-corrected chi connectivity index (χ3v) is 15.9. The lowest BCUT2D eigenvalue weighted by molar-refractivity contribution is 0.660. The van der Waals surface area contributed by atoms with E-state index >= 15 is 0 Å². The lowest BCUT2D eigenvalue weighted by Crippen LogP contribution is -2.14. The molecule has 3 aliphatic rings. The van der Waals surface area contributed by atoms with Crippen LogP contribution in [0.15, 0.2) is 194 Å². The molecule has 0 saturated heterocycles. The highest BCUT2D eigenvalue weighted by Gasteiger charge is 2.39. The summed E-state index contributed by atoms with van der Waals surface area (Å²) in [6.45, 7) is 14.3. The van der Waals surface area contributed by atoms with Crippen LogP contribution in [-0.4, -0.2) is 0 Å². The fraction of sp³-hybridized carbons (Fsp3) is 0.138. The quantitative estimate of drug-likeness (QED) is 0.155. The summed E-state index contributed by atoms with van der Waals surface area (Å²) in [6, 6.07) is 74.1. The monoisotopic (exact) mass is 830 g/mol. The molecule has 0 unspecified atom stereocenters. The highest BCUT2D eigenvalue weighted by molar-refractivity contribution is 6.24. The second-order valence-electron chi connectivity index (χ2n) is 20.4. The molecule has 0 radical (unpaired) electrons. The minimum absolute atomic E-state index is 0.0859. The minimum atomic E-state index is -0.113. The van der Waals surface area contributed by atoms with Gasteiger partial charge in [0.2, 0.25) is 0 Å². The largest absolute Gasteiger partial charge is 0.0619 e. The Balaban J connectivity index is 1.10. The van der Waals surface area contributed by atoms with Gasteiger partial charge in [-0.2, -0.15) is 0 Å². The van der Waals surface area contributed by atoms with Crippen molar-refractivity contribution in [3.8, 4) is 77.9 Å². The van der Waals surface area contributed by atoms with E-state index in [-0.39, 0.29) is 16.2 Å². The average molecular weight is 831 g/mol. The van der Waals surface area contributed by atoms with E-state index < -0.39 is 0 Å². The molecule has 10 aromatic carbocycles. The van der Waals surface area contributed by atoms with Gasteiger partial charge in [0.1, 0.15) is 0 Å². The Labute approximate surface area is 382 Å². The Hall–Kier alpha value is -7.28. The smallest absolute Gasteiger partial charge is 0.0159 e. The molecule has 0 heterocycles.